The van der Waals surface area contributed by atoms with Crippen molar-refractivity contribution in [3.05, 3.63) is 60.2 Å². The smallest absolute Gasteiger partial charge is 0.229 e. The summed E-state index contributed by atoms with van der Waals surface area (Å²) in [6, 6.07) is 17.6. The van der Waals surface area contributed by atoms with Crippen molar-refractivity contribution < 1.29 is 8.42 Å². The number of sulfonamides is 1. The molecule has 21 heavy (non-hydrogen) atoms. The molecule has 4 nitrogen and oxygen atoms in total. The molecule has 0 aliphatic carbocycles. The first-order valence-corrected chi connectivity index (χ1v) is 8.77. The summed E-state index contributed by atoms with van der Waals surface area (Å²) < 4.78 is 25.4. The molecular weight excluding hydrogens is 284 g/mol. The van der Waals surface area contributed by atoms with Crippen LogP contribution in [0.4, 0.5) is 11.4 Å². The molecular formula is C16H20N2O2S. The topological polar surface area (TPSA) is 58.2 Å². The Hall–Kier alpha value is -2.01. The quantitative estimate of drug-likeness (QED) is 0.857. The van der Waals surface area contributed by atoms with Crippen LogP contribution in [0.3, 0.4) is 0 Å². The molecule has 2 aromatic carbocycles. The fourth-order valence-corrected chi connectivity index (χ4v) is 2.77. The highest BCUT2D eigenvalue weighted by molar-refractivity contribution is 7.92. The minimum absolute atomic E-state index is 0.133. The molecule has 0 bridgehead atoms. The standard InChI is InChI=1S/C16H20N2O2S/c1-3-14(13-9-5-4-6-10-13)17-15-11-7-8-12-16(15)18-21(2,19)20/h4-12,14,17-18H,3H2,1-2H3. The predicted octanol–water partition coefficient (Wildman–Crippen LogP) is 3.62. The van der Waals surface area contributed by atoms with E-state index in [1.807, 2.05) is 36.4 Å². The van der Waals surface area contributed by atoms with Gasteiger partial charge in [0.2, 0.25) is 10.0 Å². The Morgan fingerprint density at radius 2 is 1.52 bits per heavy atom. The molecule has 2 aromatic rings. The van der Waals surface area contributed by atoms with Gasteiger partial charge < -0.3 is 5.32 Å². The molecule has 0 aliphatic heterocycles. The first kappa shape index (κ1) is 15.4. The second-order valence-electron chi connectivity index (χ2n) is 4.94. The van der Waals surface area contributed by atoms with Gasteiger partial charge in [-0.2, -0.15) is 0 Å². The van der Waals surface area contributed by atoms with E-state index in [9.17, 15) is 8.42 Å². The molecule has 0 spiro atoms. The number of anilines is 2. The second kappa shape index (κ2) is 6.63. The molecule has 112 valence electrons. The Morgan fingerprint density at radius 1 is 0.952 bits per heavy atom. The van der Waals surface area contributed by atoms with Crippen LogP contribution >= 0.6 is 0 Å². The van der Waals surface area contributed by atoms with Crippen LogP contribution in [-0.2, 0) is 10.0 Å². The molecule has 0 amide bonds. The molecule has 0 saturated heterocycles. The summed E-state index contributed by atoms with van der Waals surface area (Å²) in [6.07, 6.45) is 2.05. The van der Waals surface area contributed by atoms with E-state index in [1.54, 1.807) is 6.07 Å². The second-order valence-corrected chi connectivity index (χ2v) is 6.68. The Kier molecular flexibility index (Phi) is 4.85. The zero-order chi connectivity index (χ0) is 15.3. The third kappa shape index (κ3) is 4.49. The Morgan fingerprint density at radius 3 is 2.10 bits per heavy atom. The van der Waals surface area contributed by atoms with Crippen molar-refractivity contribution in [3.8, 4) is 0 Å². The van der Waals surface area contributed by atoms with Crippen LogP contribution in [0.25, 0.3) is 0 Å². The van der Waals surface area contributed by atoms with Gasteiger partial charge in [0.25, 0.3) is 0 Å². The summed E-state index contributed by atoms with van der Waals surface area (Å²) in [6.45, 7) is 2.09. The number of nitrogens with one attached hydrogen (secondary N) is 2. The van der Waals surface area contributed by atoms with Crippen LogP contribution in [-0.4, -0.2) is 14.7 Å². The van der Waals surface area contributed by atoms with Crippen LogP contribution in [0.1, 0.15) is 24.9 Å². The van der Waals surface area contributed by atoms with Crippen LogP contribution in [0.2, 0.25) is 0 Å². The molecule has 0 heterocycles. The first-order valence-electron chi connectivity index (χ1n) is 6.88. The van der Waals surface area contributed by atoms with E-state index in [4.69, 9.17) is 0 Å². The minimum Gasteiger partial charge on any atom is -0.377 e. The maximum atomic E-state index is 11.4. The molecule has 0 saturated carbocycles. The Bertz CT molecular complexity index is 684. The fourth-order valence-electron chi connectivity index (χ4n) is 2.19. The van der Waals surface area contributed by atoms with Crippen LogP contribution in [0, 0.1) is 0 Å². The van der Waals surface area contributed by atoms with Gasteiger partial charge in [0.1, 0.15) is 0 Å². The van der Waals surface area contributed by atoms with Crippen LogP contribution < -0.4 is 10.0 Å². The normalized spacial score (nSPS) is 12.7. The molecule has 2 rings (SSSR count). The van der Waals surface area contributed by atoms with Gasteiger partial charge >= 0.3 is 0 Å². The summed E-state index contributed by atoms with van der Waals surface area (Å²) in [5, 5.41) is 3.41. The number of para-hydroxylation sites is 2. The van der Waals surface area contributed by atoms with E-state index >= 15 is 0 Å². The lowest BCUT2D eigenvalue weighted by atomic mass is 10.0. The van der Waals surface area contributed by atoms with Gasteiger partial charge in [0, 0.05) is 0 Å². The molecule has 2 N–H and O–H groups in total. The molecule has 1 atom stereocenters. The summed E-state index contributed by atoms with van der Waals surface area (Å²) in [5.41, 5.74) is 2.52. The van der Waals surface area contributed by atoms with E-state index in [1.165, 1.54) is 5.56 Å². The molecule has 0 fully saturated rings. The highest BCUT2D eigenvalue weighted by Gasteiger charge is 2.12. The average molecular weight is 304 g/mol. The van der Waals surface area contributed by atoms with Crippen molar-refractivity contribution >= 4 is 21.4 Å². The SMILES string of the molecule is CCC(Nc1ccccc1NS(C)(=O)=O)c1ccccc1. The van der Waals surface area contributed by atoms with E-state index in [-0.39, 0.29) is 6.04 Å². The monoisotopic (exact) mass is 304 g/mol. The number of benzene rings is 2. The fraction of sp³-hybridized carbons (Fsp3) is 0.250. The van der Waals surface area contributed by atoms with Gasteiger partial charge in [-0.3, -0.25) is 4.72 Å². The van der Waals surface area contributed by atoms with E-state index < -0.39 is 10.0 Å². The van der Waals surface area contributed by atoms with Gasteiger partial charge in [0.15, 0.2) is 0 Å². The van der Waals surface area contributed by atoms with Crippen LogP contribution in [0.15, 0.2) is 54.6 Å². The van der Waals surface area contributed by atoms with E-state index in [0.717, 1.165) is 18.4 Å². The summed E-state index contributed by atoms with van der Waals surface area (Å²) in [4.78, 5) is 0. The third-order valence-electron chi connectivity index (χ3n) is 3.16. The number of rotatable bonds is 6. The van der Waals surface area contributed by atoms with Gasteiger partial charge in [-0.15, -0.1) is 0 Å². The predicted molar refractivity (Wildman–Crippen MR) is 88.0 cm³/mol. The van der Waals surface area contributed by atoms with Crippen LogP contribution in [0.5, 0.6) is 0 Å². The number of hydrogen-bond acceptors (Lipinski definition) is 3. The van der Waals surface area contributed by atoms with Gasteiger partial charge in [-0.25, -0.2) is 8.42 Å². The van der Waals surface area contributed by atoms with Gasteiger partial charge in [0.05, 0.1) is 23.7 Å². The van der Waals surface area contributed by atoms with Gasteiger partial charge in [-0.1, -0.05) is 49.4 Å². The summed E-state index contributed by atoms with van der Waals surface area (Å²) in [7, 11) is -3.30. The van der Waals surface area contributed by atoms with Crippen molar-refractivity contribution in [2.75, 3.05) is 16.3 Å². The van der Waals surface area contributed by atoms with Crippen molar-refractivity contribution in [2.24, 2.45) is 0 Å². The minimum atomic E-state index is -3.30. The van der Waals surface area contributed by atoms with Gasteiger partial charge in [-0.05, 0) is 24.1 Å². The molecule has 5 heteroatoms. The lowest BCUT2D eigenvalue weighted by Crippen LogP contribution is -2.14. The third-order valence-corrected chi connectivity index (χ3v) is 3.75. The zero-order valence-electron chi connectivity index (χ0n) is 12.2. The molecule has 0 radical (unpaired) electrons. The maximum absolute atomic E-state index is 11.4. The molecule has 0 aliphatic rings. The first-order chi connectivity index (χ1) is 9.99. The highest BCUT2D eigenvalue weighted by Crippen LogP contribution is 2.28. The molecule has 0 aromatic heterocycles. The molecule has 1 unspecified atom stereocenters. The van der Waals surface area contributed by atoms with E-state index in [0.29, 0.717) is 5.69 Å². The van der Waals surface area contributed by atoms with E-state index in [2.05, 4.69) is 29.1 Å². The maximum Gasteiger partial charge on any atom is 0.229 e. The summed E-state index contributed by atoms with van der Waals surface area (Å²) in [5.74, 6) is 0. The lowest BCUT2D eigenvalue weighted by Gasteiger charge is -2.21. The highest BCUT2D eigenvalue weighted by atomic mass is 32.2. The number of hydrogen-bond donors (Lipinski definition) is 2. The van der Waals surface area contributed by atoms with Crippen molar-refractivity contribution in [2.45, 2.75) is 19.4 Å². The van der Waals surface area contributed by atoms with Crippen molar-refractivity contribution in [1.29, 1.82) is 0 Å². The van der Waals surface area contributed by atoms with Crippen molar-refractivity contribution in [1.82, 2.24) is 0 Å². The largest absolute Gasteiger partial charge is 0.377 e. The lowest BCUT2D eigenvalue weighted by molar-refractivity contribution is 0.607. The Balaban J connectivity index is 2.26. The Labute approximate surface area is 126 Å². The van der Waals surface area contributed by atoms with Crippen molar-refractivity contribution in [3.63, 3.8) is 0 Å². The zero-order valence-corrected chi connectivity index (χ0v) is 13.0. The average Bonchev–Trinajstić information content (AvgIpc) is 2.45. The summed E-state index contributed by atoms with van der Waals surface area (Å²) >= 11 is 0.